The number of nitrogens with one attached hydrogen (secondary N) is 1. The van der Waals surface area contributed by atoms with Crippen molar-refractivity contribution in [1.82, 2.24) is 14.6 Å². The molecule has 37 heavy (non-hydrogen) atoms. The van der Waals surface area contributed by atoms with Crippen molar-refractivity contribution in [3.63, 3.8) is 0 Å². The molecule has 0 bridgehead atoms. The van der Waals surface area contributed by atoms with Crippen molar-refractivity contribution < 1.29 is 17.5 Å². The van der Waals surface area contributed by atoms with Crippen molar-refractivity contribution in [3.05, 3.63) is 70.3 Å². The van der Waals surface area contributed by atoms with Gasteiger partial charge in [0, 0.05) is 17.5 Å². The van der Waals surface area contributed by atoms with Crippen LogP contribution in [0.5, 0.6) is 0 Å². The Morgan fingerprint density at radius 2 is 2.00 bits per heavy atom. The largest absolute Gasteiger partial charge is 0.422 e. The molecule has 0 saturated heterocycles. The van der Waals surface area contributed by atoms with E-state index < -0.39 is 27.8 Å². The molecular formula is C26H33ClFN5O3S. The molecule has 2 atom stereocenters. The summed E-state index contributed by atoms with van der Waals surface area (Å²) in [7, 11) is -0.0555. The molecule has 0 aliphatic carbocycles. The zero-order chi connectivity index (χ0) is 27.1. The smallest absolute Gasteiger partial charge is 0.247 e. The van der Waals surface area contributed by atoms with E-state index in [1.165, 1.54) is 16.4 Å². The normalized spacial score (nSPS) is 18.8. The highest BCUT2D eigenvalue weighted by Gasteiger charge is 2.46. The molecule has 0 saturated carbocycles. The van der Waals surface area contributed by atoms with Gasteiger partial charge in [0.05, 0.1) is 12.4 Å². The van der Waals surface area contributed by atoms with Gasteiger partial charge in [0.1, 0.15) is 16.8 Å². The Morgan fingerprint density at radius 3 is 2.65 bits per heavy atom. The number of sulfonamides is 1. The fraction of sp³-hybridized carbons (Fsp3) is 0.423. The van der Waals surface area contributed by atoms with Crippen LogP contribution in [0.1, 0.15) is 36.0 Å². The summed E-state index contributed by atoms with van der Waals surface area (Å²) in [6.45, 7) is 10.7. The Bertz CT molecular complexity index is 1350. The highest BCUT2D eigenvalue weighted by molar-refractivity contribution is 7.89. The van der Waals surface area contributed by atoms with Gasteiger partial charge in [0.15, 0.2) is 0 Å². The molecule has 0 fully saturated rings. The van der Waals surface area contributed by atoms with Crippen LogP contribution in [0.2, 0.25) is 5.02 Å². The topological polar surface area (TPSA) is 77.5 Å². The average Bonchev–Trinajstić information content (AvgIpc) is 3.24. The number of fused-ring (bicyclic) bond motifs is 1. The van der Waals surface area contributed by atoms with Crippen molar-refractivity contribution in [3.8, 4) is 0 Å². The summed E-state index contributed by atoms with van der Waals surface area (Å²) in [5, 5.41) is 4.69. The molecule has 0 aromatic heterocycles. The lowest BCUT2D eigenvalue weighted by Gasteiger charge is -2.42. The van der Waals surface area contributed by atoms with Crippen LogP contribution in [0.15, 0.2) is 52.8 Å². The number of hydrazone groups is 1. The van der Waals surface area contributed by atoms with Crippen molar-refractivity contribution >= 4 is 33.2 Å². The molecule has 0 amide bonds. The molecule has 1 N–H and O–H groups in total. The lowest BCUT2D eigenvalue weighted by Crippen LogP contribution is -2.55. The number of hydrogen-bond donors (Lipinski definition) is 1. The highest BCUT2D eigenvalue weighted by atomic mass is 35.5. The molecule has 2 aromatic rings. The third-order valence-corrected chi connectivity index (χ3v) is 9.03. The van der Waals surface area contributed by atoms with Gasteiger partial charge in [-0.25, -0.2) is 18.2 Å². The molecule has 2 heterocycles. The average molecular weight is 550 g/mol. The van der Waals surface area contributed by atoms with Gasteiger partial charge >= 0.3 is 0 Å². The SMILES string of the molecule is C=C1NN=C(C(C(C)c2c(F)ccc(C)c2C)N2CN(CCCN(C)C)c3cc(Cl)ccc3S2(=O)=O)O1. The van der Waals surface area contributed by atoms with Crippen LogP contribution in [-0.4, -0.2) is 63.4 Å². The molecule has 2 aromatic carbocycles. The fourth-order valence-corrected chi connectivity index (χ4v) is 6.91. The first-order chi connectivity index (χ1) is 17.4. The Balaban J connectivity index is 1.84. The molecule has 4 rings (SSSR count). The first kappa shape index (κ1) is 27.4. The minimum Gasteiger partial charge on any atom is -0.422 e. The Kier molecular flexibility index (Phi) is 7.85. The van der Waals surface area contributed by atoms with Crippen molar-refractivity contribution in [2.24, 2.45) is 5.10 Å². The van der Waals surface area contributed by atoms with Crippen LogP contribution in [0, 0.1) is 19.7 Å². The number of halogens is 2. The molecule has 11 heteroatoms. The van der Waals surface area contributed by atoms with Gasteiger partial charge in [-0.2, -0.15) is 4.31 Å². The molecule has 2 aliphatic heterocycles. The maximum absolute atomic E-state index is 15.3. The minimum atomic E-state index is -4.03. The summed E-state index contributed by atoms with van der Waals surface area (Å²) in [4.78, 5) is 4.20. The number of aryl methyl sites for hydroxylation is 1. The fourth-order valence-electron chi connectivity index (χ4n) is 4.93. The second-order valence-corrected chi connectivity index (χ2v) is 12.1. The molecule has 200 valence electrons. The van der Waals surface area contributed by atoms with E-state index in [4.69, 9.17) is 16.3 Å². The second-order valence-electron chi connectivity index (χ2n) is 9.79. The predicted molar refractivity (Wildman–Crippen MR) is 145 cm³/mol. The molecule has 8 nitrogen and oxygen atoms in total. The lowest BCUT2D eigenvalue weighted by atomic mass is 9.87. The number of anilines is 1. The summed E-state index contributed by atoms with van der Waals surface area (Å²) in [5.74, 6) is -0.737. The Labute approximate surface area is 223 Å². The van der Waals surface area contributed by atoms with Crippen LogP contribution in [-0.2, 0) is 14.8 Å². The second kappa shape index (κ2) is 10.6. The van der Waals surface area contributed by atoms with E-state index >= 15 is 4.39 Å². The van der Waals surface area contributed by atoms with Gasteiger partial charge in [-0.1, -0.05) is 24.6 Å². The van der Waals surface area contributed by atoms with E-state index in [9.17, 15) is 8.42 Å². The standard InChI is InChI=1S/C26H33ClFN5O3S/c1-16-8-10-21(28)24(17(16)2)18(3)25(26-30-29-19(4)36-26)33-15-32(13-7-12-31(5)6)22-14-20(27)9-11-23(22)37(33,34)35/h8-11,14,18,25,29H,4,7,12-13,15H2,1-3,5-6H3. The molecule has 0 radical (unpaired) electrons. The first-order valence-corrected chi connectivity index (χ1v) is 13.9. The van der Waals surface area contributed by atoms with E-state index in [-0.39, 0.29) is 23.3 Å². The van der Waals surface area contributed by atoms with Gasteiger partial charge < -0.3 is 14.5 Å². The van der Waals surface area contributed by atoms with E-state index in [1.54, 1.807) is 25.1 Å². The van der Waals surface area contributed by atoms with Crippen LogP contribution in [0.25, 0.3) is 0 Å². The van der Waals surface area contributed by atoms with Crippen LogP contribution < -0.4 is 10.3 Å². The van der Waals surface area contributed by atoms with Crippen molar-refractivity contribution in [2.75, 3.05) is 38.8 Å². The summed E-state index contributed by atoms with van der Waals surface area (Å²) in [5.41, 5.74) is 5.30. The molecule has 2 aliphatic rings. The van der Waals surface area contributed by atoms with E-state index in [0.717, 1.165) is 24.1 Å². The van der Waals surface area contributed by atoms with Crippen molar-refractivity contribution in [1.29, 1.82) is 0 Å². The van der Waals surface area contributed by atoms with Crippen LogP contribution in [0.4, 0.5) is 10.1 Å². The summed E-state index contributed by atoms with van der Waals surface area (Å²) in [6, 6.07) is 6.95. The van der Waals surface area contributed by atoms with E-state index in [2.05, 4.69) is 22.0 Å². The van der Waals surface area contributed by atoms with Gasteiger partial charge in [-0.05, 0) is 88.4 Å². The quantitative estimate of drug-likeness (QED) is 0.526. The van der Waals surface area contributed by atoms with Gasteiger partial charge in [0.25, 0.3) is 0 Å². The monoisotopic (exact) mass is 549 g/mol. The third kappa shape index (κ3) is 5.34. The summed E-state index contributed by atoms with van der Waals surface area (Å²) >= 11 is 6.28. The summed E-state index contributed by atoms with van der Waals surface area (Å²) in [6.07, 6.45) is 0.800. The maximum atomic E-state index is 15.3. The molecule has 0 spiro atoms. The zero-order valence-corrected chi connectivity index (χ0v) is 23.3. The summed E-state index contributed by atoms with van der Waals surface area (Å²) < 4.78 is 50.5. The van der Waals surface area contributed by atoms with Crippen LogP contribution >= 0.6 is 11.6 Å². The van der Waals surface area contributed by atoms with Crippen molar-refractivity contribution in [2.45, 2.75) is 44.0 Å². The zero-order valence-electron chi connectivity index (χ0n) is 21.8. The first-order valence-electron chi connectivity index (χ1n) is 12.1. The van der Waals surface area contributed by atoms with Gasteiger partial charge in [0.2, 0.25) is 21.8 Å². The molecule has 2 unspecified atom stereocenters. The van der Waals surface area contributed by atoms with E-state index in [1.807, 2.05) is 32.8 Å². The maximum Gasteiger partial charge on any atom is 0.247 e. The molecular weight excluding hydrogens is 517 g/mol. The van der Waals surface area contributed by atoms with E-state index in [0.29, 0.717) is 22.8 Å². The number of rotatable bonds is 8. The number of hydrogen-bond acceptors (Lipinski definition) is 7. The van der Waals surface area contributed by atoms with Crippen LogP contribution in [0.3, 0.4) is 0 Å². The van der Waals surface area contributed by atoms with Gasteiger partial charge in [-0.3, -0.25) is 0 Å². The Hall–Kier alpha value is -2.66. The highest BCUT2D eigenvalue weighted by Crippen LogP contribution is 2.40. The number of ether oxygens (including phenoxy) is 1. The van der Waals surface area contributed by atoms with Gasteiger partial charge in [-0.15, -0.1) is 5.10 Å². The minimum absolute atomic E-state index is 0.0272. The third-order valence-electron chi connectivity index (χ3n) is 6.94. The predicted octanol–water partition coefficient (Wildman–Crippen LogP) is 4.39. The Morgan fingerprint density at radius 1 is 1.27 bits per heavy atom. The lowest BCUT2D eigenvalue weighted by molar-refractivity contribution is 0.289. The number of benzene rings is 2. The number of nitrogens with zero attached hydrogens (tertiary/aromatic N) is 4.